The third-order valence-corrected chi connectivity index (χ3v) is 3.53. The van der Waals surface area contributed by atoms with Crippen LogP contribution in [0.25, 0.3) is 0 Å². The number of nitrogens with one attached hydrogen (secondary N) is 2. The van der Waals surface area contributed by atoms with Crippen LogP contribution in [0, 0.1) is 0 Å². The van der Waals surface area contributed by atoms with Crippen molar-refractivity contribution in [3.05, 3.63) is 78.4 Å². The minimum Gasteiger partial charge on any atom is -0.381 e. The Kier molecular flexibility index (Phi) is 4.38. The first-order valence-corrected chi connectivity index (χ1v) is 7.38. The zero-order valence-corrected chi connectivity index (χ0v) is 12.9. The molecule has 0 saturated heterocycles. The molecular formula is C18H18N4O. The summed E-state index contributed by atoms with van der Waals surface area (Å²) in [6, 6.07) is 17.8. The van der Waals surface area contributed by atoms with E-state index in [2.05, 4.69) is 15.6 Å². The standard InChI is InChI=1S/C18H18N4O/c1-22-13-19-12-17(22)18(23)21-16-9-7-14(8-10-16)11-20-15-5-3-2-4-6-15/h2-10,12-13,20H,11H2,1H3,(H,21,23). The van der Waals surface area contributed by atoms with Crippen LogP contribution in [0.1, 0.15) is 16.1 Å². The maximum Gasteiger partial charge on any atom is 0.273 e. The molecule has 2 aromatic carbocycles. The van der Waals surface area contributed by atoms with Gasteiger partial charge in [0.15, 0.2) is 0 Å². The molecule has 116 valence electrons. The van der Waals surface area contributed by atoms with E-state index in [1.165, 1.54) is 0 Å². The molecule has 0 aliphatic carbocycles. The Morgan fingerprint density at radius 3 is 2.43 bits per heavy atom. The van der Waals surface area contributed by atoms with Crippen LogP contribution in [0.4, 0.5) is 11.4 Å². The number of carbonyl (C=O) groups excluding carboxylic acids is 1. The van der Waals surface area contributed by atoms with Crippen LogP contribution < -0.4 is 10.6 Å². The van der Waals surface area contributed by atoms with Crippen molar-refractivity contribution < 1.29 is 4.79 Å². The molecule has 5 nitrogen and oxygen atoms in total. The molecule has 0 aliphatic rings. The third-order valence-electron chi connectivity index (χ3n) is 3.53. The fourth-order valence-corrected chi connectivity index (χ4v) is 2.24. The summed E-state index contributed by atoms with van der Waals surface area (Å²) in [6.07, 6.45) is 3.15. The van der Waals surface area contributed by atoms with Crippen molar-refractivity contribution in [2.24, 2.45) is 7.05 Å². The molecule has 0 spiro atoms. The number of para-hydroxylation sites is 1. The summed E-state index contributed by atoms with van der Waals surface area (Å²) in [7, 11) is 1.79. The van der Waals surface area contributed by atoms with Crippen molar-refractivity contribution in [1.29, 1.82) is 0 Å². The SMILES string of the molecule is Cn1cncc1C(=O)Nc1ccc(CNc2ccccc2)cc1. The quantitative estimate of drug-likeness (QED) is 0.760. The van der Waals surface area contributed by atoms with Gasteiger partial charge in [-0.3, -0.25) is 4.79 Å². The van der Waals surface area contributed by atoms with Crippen LogP contribution in [0.5, 0.6) is 0 Å². The number of carbonyl (C=O) groups is 1. The second-order valence-electron chi connectivity index (χ2n) is 5.26. The molecule has 3 rings (SSSR count). The Morgan fingerprint density at radius 1 is 1.04 bits per heavy atom. The highest BCUT2D eigenvalue weighted by molar-refractivity contribution is 6.02. The molecule has 1 aromatic heterocycles. The number of amides is 1. The second-order valence-corrected chi connectivity index (χ2v) is 5.26. The first-order valence-electron chi connectivity index (χ1n) is 7.38. The van der Waals surface area contributed by atoms with Crippen LogP contribution in [0.3, 0.4) is 0 Å². The van der Waals surface area contributed by atoms with E-state index in [1.54, 1.807) is 24.1 Å². The number of aryl methyl sites for hydroxylation is 1. The zero-order chi connectivity index (χ0) is 16.1. The van der Waals surface area contributed by atoms with Crippen molar-refractivity contribution in [3.8, 4) is 0 Å². The third kappa shape index (κ3) is 3.77. The topological polar surface area (TPSA) is 59.0 Å². The van der Waals surface area contributed by atoms with Gasteiger partial charge >= 0.3 is 0 Å². The van der Waals surface area contributed by atoms with Crippen molar-refractivity contribution >= 4 is 17.3 Å². The molecule has 0 unspecified atom stereocenters. The van der Waals surface area contributed by atoms with E-state index in [0.29, 0.717) is 5.69 Å². The van der Waals surface area contributed by atoms with Crippen LogP contribution in [-0.4, -0.2) is 15.5 Å². The average molecular weight is 306 g/mol. The number of hydrogen-bond donors (Lipinski definition) is 2. The summed E-state index contributed by atoms with van der Waals surface area (Å²) in [4.78, 5) is 16.1. The highest BCUT2D eigenvalue weighted by Crippen LogP contribution is 2.13. The largest absolute Gasteiger partial charge is 0.381 e. The maximum absolute atomic E-state index is 12.1. The van der Waals surface area contributed by atoms with Gasteiger partial charge in [0.05, 0.1) is 12.5 Å². The Morgan fingerprint density at radius 2 is 1.78 bits per heavy atom. The van der Waals surface area contributed by atoms with Crippen LogP contribution in [0.2, 0.25) is 0 Å². The van der Waals surface area contributed by atoms with Gasteiger partial charge in [0.25, 0.3) is 5.91 Å². The molecule has 5 heteroatoms. The number of nitrogens with zero attached hydrogens (tertiary/aromatic N) is 2. The molecule has 0 atom stereocenters. The Labute approximate surface area is 135 Å². The fourth-order valence-electron chi connectivity index (χ4n) is 2.24. The summed E-state index contributed by atoms with van der Waals surface area (Å²) in [5.74, 6) is -0.167. The second kappa shape index (κ2) is 6.79. The predicted molar refractivity (Wildman–Crippen MR) is 91.4 cm³/mol. The van der Waals surface area contributed by atoms with Crippen molar-refractivity contribution in [1.82, 2.24) is 9.55 Å². The van der Waals surface area contributed by atoms with E-state index in [1.807, 2.05) is 54.6 Å². The number of aromatic nitrogens is 2. The first-order chi connectivity index (χ1) is 11.2. The number of imidazole rings is 1. The Hall–Kier alpha value is -3.08. The highest BCUT2D eigenvalue weighted by atomic mass is 16.1. The zero-order valence-electron chi connectivity index (χ0n) is 12.9. The average Bonchev–Trinajstić information content (AvgIpc) is 3.01. The van der Waals surface area contributed by atoms with Crippen molar-refractivity contribution in [2.75, 3.05) is 10.6 Å². The molecule has 3 aromatic rings. The lowest BCUT2D eigenvalue weighted by Crippen LogP contribution is -2.15. The summed E-state index contributed by atoms with van der Waals surface area (Å²) in [5, 5.41) is 6.22. The molecule has 0 saturated carbocycles. The monoisotopic (exact) mass is 306 g/mol. The first kappa shape index (κ1) is 14.8. The molecule has 1 amide bonds. The summed E-state index contributed by atoms with van der Waals surface area (Å²) in [6.45, 7) is 0.736. The summed E-state index contributed by atoms with van der Waals surface area (Å²) in [5.41, 5.74) is 3.52. The van der Waals surface area contributed by atoms with E-state index in [0.717, 1.165) is 23.5 Å². The molecule has 0 radical (unpaired) electrons. The number of rotatable bonds is 5. The lowest BCUT2D eigenvalue weighted by atomic mass is 10.2. The Balaban J connectivity index is 1.59. The number of benzene rings is 2. The van der Waals surface area contributed by atoms with Crippen molar-refractivity contribution in [2.45, 2.75) is 6.54 Å². The molecule has 0 fully saturated rings. The van der Waals surface area contributed by atoms with Gasteiger partial charge in [-0.25, -0.2) is 4.98 Å². The minimum absolute atomic E-state index is 0.167. The number of hydrogen-bond acceptors (Lipinski definition) is 3. The van der Waals surface area contributed by atoms with E-state index in [9.17, 15) is 4.79 Å². The van der Waals surface area contributed by atoms with Gasteiger partial charge in [0.2, 0.25) is 0 Å². The van der Waals surface area contributed by atoms with Crippen molar-refractivity contribution in [3.63, 3.8) is 0 Å². The smallest absolute Gasteiger partial charge is 0.273 e. The number of anilines is 2. The summed E-state index contributed by atoms with van der Waals surface area (Å²) >= 11 is 0. The van der Waals surface area contributed by atoms with Gasteiger partial charge in [-0.15, -0.1) is 0 Å². The molecule has 2 N–H and O–H groups in total. The van der Waals surface area contributed by atoms with Crippen LogP contribution in [0.15, 0.2) is 67.1 Å². The molecular weight excluding hydrogens is 288 g/mol. The van der Waals surface area contributed by atoms with Gasteiger partial charge < -0.3 is 15.2 Å². The molecule has 23 heavy (non-hydrogen) atoms. The lowest BCUT2D eigenvalue weighted by Gasteiger charge is -2.08. The van der Waals surface area contributed by atoms with E-state index < -0.39 is 0 Å². The van der Waals surface area contributed by atoms with Crippen LogP contribution >= 0.6 is 0 Å². The predicted octanol–water partition coefficient (Wildman–Crippen LogP) is 3.28. The van der Waals surface area contributed by atoms with Gasteiger partial charge in [0.1, 0.15) is 5.69 Å². The molecule has 0 bridgehead atoms. The lowest BCUT2D eigenvalue weighted by molar-refractivity contribution is 0.101. The van der Waals surface area contributed by atoms with Gasteiger partial charge in [-0.05, 0) is 29.8 Å². The molecule has 0 aliphatic heterocycles. The highest BCUT2D eigenvalue weighted by Gasteiger charge is 2.09. The fraction of sp³-hybridized carbons (Fsp3) is 0.111. The normalized spacial score (nSPS) is 10.3. The molecule has 1 heterocycles. The van der Waals surface area contributed by atoms with Gasteiger partial charge in [0, 0.05) is 25.0 Å². The summed E-state index contributed by atoms with van der Waals surface area (Å²) < 4.78 is 1.69. The minimum atomic E-state index is -0.167. The van der Waals surface area contributed by atoms with E-state index in [-0.39, 0.29) is 5.91 Å². The Bertz CT molecular complexity index is 778. The van der Waals surface area contributed by atoms with Crippen LogP contribution in [-0.2, 0) is 13.6 Å². The van der Waals surface area contributed by atoms with E-state index in [4.69, 9.17) is 0 Å². The van der Waals surface area contributed by atoms with E-state index >= 15 is 0 Å². The maximum atomic E-state index is 12.1. The van der Waals surface area contributed by atoms with Gasteiger partial charge in [-0.2, -0.15) is 0 Å². The van der Waals surface area contributed by atoms with Gasteiger partial charge in [-0.1, -0.05) is 30.3 Å².